The highest BCUT2D eigenvalue weighted by molar-refractivity contribution is 5.72. The van der Waals surface area contributed by atoms with Gasteiger partial charge in [-0.2, -0.15) is 0 Å². The molecule has 0 aliphatic rings. The van der Waals surface area contributed by atoms with Crippen molar-refractivity contribution in [2.75, 3.05) is 13.2 Å². The Balaban J connectivity index is 3.30. The Kier molecular flexibility index (Phi) is 18.5. The molecule has 158 valence electrons. The summed E-state index contributed by atoms with van der Waals surface area (Å²) >= 11 is 0. The molecule has 0 atom stereocenters. The molecular weight excluding hydrogens is 340 g/mol. The quantitative estimate of drug-likeness (QED) is 0.145. The summed E-state index contributed by atoms with van der Waals surface area (Å²) in [5, 5.41) is 0. The number of ether oxygens (including phenoxy) is 2. The first-order valence-electron chi connectivity index (χ1n) is 11.0. The van der Waals surface area contributed by atoms with Gasteiger partial charge in [0.05, 0.1) is 13.2 Å². The van der Waals surface area contributed by atoms with E-state index in [9.17, 15) is 9.59 Å². The Bertz CT molecular complexity index is 390. The highest BCUT2D eigenvalue weighted by atomic mass is 16.5. The van der Waals surface area contributed by atoms with E-state index in [0.29, 0.717) is 26.1 Å². The van der Waals surface area contributed by atoms with E-state index in [-0.39, 0.29) is 24.8 Å². The van der Waals surface area contributed by atoms with Crippen LogP contribution in [0.1, 0.15) is 110 Å². The van der Waals surface area contributed by atoms with Gasteiger partial charge in [0, 0.05) is 19.3 Å². The molecule has 0 fully saturated rings. The maximum absolute atomic E-state index is 11.6. The second-order valence-corrected chi connectivity index (χ2v) is 7.54. The lowest BCUT2D eigenvalue weighted by Gasteiger charge is -2.06. The first kappa shape index (κ1) is 25.7. The molecule has 27 heavy (non-hydrogen) atoms. The highest BCUT2D eigenvalue weighted by Crippen LogP contribution is 2.11. The lowest BCUT2D eigenvalue weighted by atomic mass is 10.1. The van der Waals surface area contributed by atoms with Crippen LogP contribution >= 0.6 is 0 Å². The van der Waals surface area contributed by atoms with E-state index in [0.717, 1.165) is 18.4 Å². The topological polar surface area (TPSA) is 52.6 Å². The van der Waals surface area contributed by atoms with Crippen LogP contribution in [0.15, 0.2) is 12.2 Å². The van der Waals surface area contributed by atoms with Crippen LogP contribution in [0.2, 0.25) is 0 Å². The molecule has 4 nitrogen and oxygen atoms in total. The van der Waals surface area contributed by atoms with Crippen molar-refractivity contribution in [3.63, 3.8) is 0 Å². The summed E-state index contributed by atoms with van der Waals surface area (Å²) in [5.41, 5.74) is 0.994. The molecular formula is C23H42O4. The molecule has 0 unspecified atom stereocenters. The van der Waals surface area contributed by atoms with Gasteiger partial charge in [0.2, 0.25) is 0 Å². The van der Waals surface area contributed by atoms with E-state index in [2.05, 4.69) is 13.5 Å². The molecule has 0 aliphatic heterocycles. The third kappa shape index (κ3) is 20.8. The molecule has 0 N–H and O–H groups in total. The Morgan fingerprint density at radius 3 is 1.56 bits per heavy atom. The number of unbranched alkanes of at least 4 members (excludes halogenated alkanes) is 10. The standard InChI is InChI=1S/C23H42O4/c1-4-5-6-7-8-9-10-11-12-13-14-19-26-22(24)16-15-17-23(25)27-20-18-21(2)3/h2,4-20H2,1,3H3. The summed E-state index contributed by atoms with van der Waals surface area (Å²) in [6.07, 6.45) is 15.8. The zero-order valence-electron chi connectivity index (χ0n) is 17.9. The van der Waals surface area contributed by atoms with E-state index in [1.165, 1.54) is 57.8 Å². The fraction of sp³-hybridized carbons (Fsp3) is 0.826. The van der Waals surface area contributed by atoms with Crippen molar-refractivity contribution in [1.82, 2.24) is 0 Å². The molecule has 0 aliphatic carbocycles. The number of hydrogen-bond donors (Lipinski definition) is 0. The normalized spacial score (nSPS) is 10.6. The number of hydrogen-bond acceptors (Lipinski definition) is 4. The first-order chi connectivity index (χ1) is 13.1. The molecule has 0 aromatic carbocycles. The minimum absolute atomic E-state index is 0.211. The maximum Gasteiger partial charge on any atom is 0.305 e. The Labute approximate surface area is 167 Å². The summed E-state index contributed by atoms with van der Waals surface area (Å²) in [4.78, 5) is 23.1. The third-order valence-corrected chi connectivity index (χ3v) is 4.56. The fourth-order valence-electron chi connectivity index (χ4n) is 2.81. The van der Waals surface area contributed by atoms with E-state index < -0.39 is 0 Å². The van der Waals surface area contributed by atoms with Crippen LogP contribution in [0.4, 0.5) is 0 Å². The van der Waals surface area contributed by atoms with Crippen LogP contribution in [0, 0.1) is 0 Å². The van der Waals surface area contributed by atoms with Gasteiger partial charge < -0.3 is 9.47 Å². The van der Waals surface area contributed by atoms with Crippen LogP contribution in [0.3, 0.4) is 0 Å². The molecule has 0 radical (unpaired) electrons. The minimum atomic E-state index is -0.255. The molecule has 0 bridgehead atoms. The van der Waals surface area contributed by atoms with Gasteiger partial charge in [-0.1, -0.05) is 76.7 Å². The third-order valence-electron chi connectivity index (χ3n) is 4.56. The van der Waals surface area contributed by atoms with E-state index in [4.69, 9.17) is 9.47 Å². The Morgan fingerprint density at radius 2 is 1.07 bits per heavy atom. The molecule has 0 spiro atoms. The van der Waals surface area contributed by atoms with Crippen molar-refractivity contribution in [3.05, 3.63) is 12.2 Å². The van der Waals surface area contributed by atoms with Crippen molar-refractivity contribution in [1.29, 1.82) is 0 Å². The predicted molar refractivity (Wildman–Crippen MR) is 112 cm³/mol. The second kappa shape index (κ2) is 19.4. The van der Waals surface area contributed by atoms with Crippen LogP contribution < -0.4 is 0 Å². The number of rotatable bonds is 19. The average Bonchev–Trinajstić information content (AvgIpc) is 2.62. The SMILES string of the molecule is C=C(C)CCOC(=O)CCCC(=O)OCCCCCCCCCCCCC. The van der Waals surface area contributed by atoms with Gasteiger partial charge in [0.15, 0.2) is 0 Å². The number of esters is 2. The van der Waals surface area contributed by atoms with Crippen molar-refractivity contribution in [3.8, 4) is 0 Å². The van der Waals surface area contributed by atoms with Crippen molar-refractivity contribution >= 4 is 11.9 Å². The zero-order chi connectivity index (χ0) is 20.2. The summed E-state index contributed by atoms with van der Waals surface area (Å²) in [5.74, 6) is -0.466. The predicted octanol–water partition coefficient (Wildman–Crippen LogP) is 6.52. The lowest BCUT2D eigenvalue weighted by Crippen LogP contribution is -2.09. The van der Waals surface area contributed by atoms with Gasteiger partial charge in [0.25, 0.3) is 0 Å². The molecule has 0 saturated heterocycles. The van der Waals surface area contributed by atoms with Gasteiger partial charge in [-0.25, -0.2) is 0 Å². The minimum Gasteiger partial charge on any atom is -0.466 e. The average molecular weight is 383 g/mol. The van der Waals surface area contributed by atoms with Crippen molar-refractivity contribution < 1.29 is 19.1 Å². The highest BCUT2D eigenvalue weighted by Gasteiger charge is 2.07. The summed E-state index contributed by atoms with van der Waals surface area (Å²) < 4.78 is 10.3. The molecule has 0 aromatic rings. The van der Waals surface area contributed by atoms with Gasteiger partial charge in [-0.05, 0) is 19.8 Å². The van der Waals surface area contributed by atoms with Gasteiger partial charge in [-0.3, -0.25) is 9.59 Å². The van der Waals surface area contributed by atoms with Gasteiger partial charge in [-0.15, -0.1) is 6.58 Å². The van der Waals surface area contributed by atoms with E-state index in [1.54, 1.807) is 0 Å². The van der Waals surface area contributed by atoms with E-state index in [1.807, 2.05) is 6.92 Å². The zero-order valence-corrected chi connectivity index (χ0v) is 17.9. The maximum atomic E-state index is 11.6. The van der Waals surface area contributed by atoms with Crippen LogP contribution in [0.5, 0.6) is 0 Å². The summed E-state index contributed by atoms with van der Waals surface area (Å²) in [6, 6.07) is 0. The first-order valence-corrected chi connectivity index (χ1v) is 11.0. The van der Waals surface area contributed by atoms with E-state index >= 15 is 0 Å². The Hall–Kier alpha value is -1.32. The molecule has 0 heterocycles. The smallest absolute Gasteiger partial charge is 0.305 e. The number of carbonyl (C=O) groups excluding carboxylic acids is 2. The van der Waals surface area contributed by atoms with Crippen molar-refractivity contribution in [2.24, 2.45) is 0 Å². The number of carbonyl (C=O) groups is 2. The van der Waals surface area contributed by atoms with Crippen LogP contribution in [-0.2, 0) is 19.1 Å². The van der Waals surface area contributed by atoms with Crippen molar-refractivity contribution in [2.45, 2.75) is 110 Å². The molecule has 0 amide bonds. The van der Waals surface area contributed by atoms with Crippen LogP contribution in [-0.4, -0.2) is 25.2 Å². The largest absolute Gasteiger partial charge is 0.466 e. The van der Waals surface area contributed by atoms with Gasteiger partial charge >= 0.3 is 11.9 Å². The lowest BCUT2D eigenvalue weighted by molar-refractivity contribution is -0.145. The molecule has 4 heteroatoms. The second-order valence-electron chi connectivity index (χ2n) is 7.54. The summed E-state index contributed by atoms with van der Waals surface area (Å²) in [7, 11) is 0. The fourth-order valence-corrected chi connectivity index (χ4v) is 2.81. The molecule has 0 aromatic heterocycles. The Morgan fingerprint density at radius 1 is 0.630 bits per heavy atom. The van der Waals surface area contributed by atoms with Gasteiger partial charge in [0.1, 0.15) is 0 Å². The monoisotopic (exact) mass is 382 g/mol. The van der Waals surface area contributed by atoms with Crippen LogP contribution in [0.25, 0.3) is 0 Å². The molecule has 0 saturated carbocycles. The summed E-state index contributed by atoms with van der Waals surface area (Å²) in [6.45, 7) is 8.78. The molecule has 0 rings (SSSR count).